The van der Waals surface area contributed by atoms with Crippen molar-refractivity contribution in [1.82, 2.24) is 0 Å². The Kier molecular flexibility index (Phi) is 5.40. The molecular weight excluding hydrogens is 285 g/mol. The van der Waals surface area contributed by atoms with E-state index in [9.17, 15) is 35.5 Å². The molecule has 0 bridgehead atoms. The van der Waals surface area contributed by atoms with Gasteiger partial charge in [0.2, 0.25) is 0 Å². The van der Waals surface area contributed by atoms with Gasteiger partial charge in [-0.1, -0.05) is 6.92 Å². The molecule has 0 spiro atoms. The lowest BCUT2D eigenvalue weighted by molar-refractivity contribution is -0.322. The topological polar surface area (TPSA) is 26.3 Å². The number of ether oxygens (including phenoxy) is 1. The summed E-state index contributed by atoms with van der Waals surface area (Å²) in [5.41, 5.74) is -6.69. The van der Waals surface area contributed by atoms with Gasteiger partial charge in [0.05, 0.1) is 6.61 Å². The molecule has 0 aliphatic heterocycles. The van der Waals surface area contributed by atoms with E-state index < -0.39 is 35.6 Å². The summed E-state index contributed by atoms with van der Waals surface area (Å²) in [4.78, 5) is 11.0. The van der Waals surface area contributed by atoms with Gasteiger partial charge in [0.25, 0.3) is 0 Å². The summed E-state index contributed by atoms with van der Waals surface area (Å²) in [6.07, 6.45) is -12.9. The molecule has 0 aromatic carbocycles. The smallest absolute Gasteiger partial charge is 0.435 e. The Balaban J connectivity index is 5.41. The SMILES string of the molecule is CCCOC(=O)C(C)=CC(F)(C(F)(F)F)C(F)(F)F. The molecule has 0 heterocycles. The van der Waals surface area contributed by atoms with Crippen LogP contribution in [0.2, 0.25) is 0 Å². The highest BCUT2D eigenvalue weighted by molar-refractivity contribution is 5.88. The van der Waals surface area contributed by atoms with Gasteiger partial charge < -0.3 is 4.74 Å². The lowest BCUT2D eigenvalue weighted by atomic mass is 10.0. The van der Waals surface area contributed by atoms with Crippen molar-refractivity contribution in [2.75, 3.05) is 6.61 Å². The van der Waals surface area contributed by atoms with Crippen molar-refractivity contribution in [3.63, 3.8) is 0 Å². The highest BCUT2D eigenvalue weighted by Gasteiger charge is 2.71. The van der Waals surface area contributed by atoms with Crippen molar-refractivity contribution in [2.24, 2.45) is 0 Å². The van der Waals surface area contributed by atoms with Crippen LogP contribution >= 0.6 is 0 Å². The minimum absolute atomic E-state index is 0.193. The predicted octanol–water partition coefficient (Wildman–Crippen LogP) is 3.72. The van der Waals surface area contributed by atoms with E-state index in [1.54, 1.807) is 6.92 Å². The lowest BCUT2D eigenvalue weighted by Gasteiger charge is -2.27. The summed E-state index contributed by atoms with van der Waals surface area (Å²) < 4.78 is 90.6. The number of hydrogen-bond donors (Lipinski definition) is 0. The van der Waals surface area contributed by atoms with Crippen LogP contribution in [0.5, 0.6) is 0 Å². The molecule has 0 atom stereocenters. The van der Waals surface area contributed by atoms with E-state index in [0.29, 0.717) is 13.3 Å². The Morgan fingerprint density at radius 3 is 1.79 bits per heavy atom. The highest BCUT2D eigenvalue weighted by Crippen LogP contribution is 2.47. The van der Waals surface area contributed by atoms with Gasteiger partial charge in [-0.3, -0.25) is 0 Å². The third-order valence-electron chi connectivity index (χ3n) is 2.00. The van der Waals surface area contributed by atoms with Crippen LogP contribution in [0.3, 0.4) is 0 Å². The van der Waals surface area contributed by atoms with Gasteiger partial charge in [0.15, 0.2) is 0 Å². The van der Waals surface area contributed by atoms with Crippen molar-refractivity contribution in [3.05, 3.63) is 11.6 Å². The van der Waals surface area contributed by atoms with Gasteiger partial charge in [-0.2, -0.15) is 26.3 Å². The summed E-state index contributed by atoms with van der Waals surface area (Å²) >= 11 is 0. The molecule has 112 valence electrons. The molecule has 0 aliphatic carbocycles. The van der Waals surface area contributed by atoms with Gasteiger partial charge in [-0.25, -0.2) is 9.18 Å². The summed E-state index contributed by atoms with van der Waals surface area (Å²) in [6, 6.07) is 0. The van der Waals surface area contributed by atoms with Crippen LogP contribution in [-0.2, 0) is 9.53 Å². The van der Waals surface area contributed by atoms with Crippen LogP contribution in [0.1, 0.15) is 20.3 Å². The highest BCUT2D eigenvalue weighted by atomic mass is 19.4. The molecular formula is C10H11F7O2. The second-order valence-electron chi connectivity index (χ2n) is 3.67. The fourth-order valence-corrected chi connectivity index (χ4v) is 0.990. The van der Waals surface area contributed by atoms with Gasteiger partial charge >= 0.3 is 24.0 Å². The van der Waals surface area contributed by atoms with Crippen LogP contribution in [-0.4, -0.2) is 30.6 Å². The first kappa shape index (κ1) is 17.7. The van der Waals surface area contributed by atoms with Crippen LogP contribution in [0.15, 0.2) is 11.6 Å². The Morgan fingerprint density at radius 2 is 1.47 bits per heavy atom. The zero-order chi connectivity index (χ0) is 15.5. The van der Waals surface area contributed by atoms with E-state index in [2.05, 4.69) is 4.74 Å². The maximum Gasteiger partial charge on any atom is 0.435 e. The second kappa shape index (κ2) is 5.79. The molecule has 0 aromatic heterocycles. The fraction of sp³-hybridized carbons (Fsp3) is 0.700. The van der Waals surface area contributed by atoms with Gasteiger partial charge in [0.1, 0.15) is 0 Å². The Morgan fingerprint density at radius 1 is 1.05 bits per heavy atom. The molecule has 0 fully saturated rings. The number of alkyl halides is 7. The minimum Gasteiger partial charge on any atom is -0.462 e. The first-order valence-electron chi connectivity index (χ1n) is 5.05. The Labute approximate surface area is 104 Å². The first-order valence-corrected chi connectivity index (χ1v) is 5.05. The zero-order valence-electron chi connectivity index (χ0n) is 9.95. The Bertz CT molecular complexity index is 340. The van der Waals surface area contributed by atoms with Gasteiger partial charge in [-0.05, 0) is 19.4 Å². The number of hydrogen-bond acceptors (Lipinski definition) is 2. The molecule has 2 nitrogen and oxygen atoms in total. The first-order chi connectivity index (χ1) is 8.37. The van der Waals surface area contributed by atoms with Gasteiger partial charge in [-0.15, -0.1) is 0 Å². The van der Waals surface area contributed by atoms with Crippen LogP contribution < -0.4 is 0 Å². The van der Waals surface area contributed by atoms with Crippen molar-refractivity contribution in [2.45, 2.75) is 38.3 Å². The third kappa shape index (κ3) is 4.10. The minimum atomic E-state index is -6.22. The Hall–Kier alpha value is -1.28. The standard InChI is InChI=1S/C10H11F7O2/c1-3-4-19-7(18)6(2)5-8(11,9(12,13)14)10(15,16)17/h5H,3-4H2,1-2H3. The van der Waals surface area contributed by atoms with Crippen molar-refractivity contribution >= 4 is 5.97 Å². The maximum atomic E-state index is 13.2. The number of carbonyl (C=O) groups excluding carboxylic acids is 1. The summed E-state index contributed by atoms with van der Waals surface area (Å²) in [5, 5.41) is 0. The molecule has 0 aromatic rings. The van der Waals surface area contributed by atoms with E-state index in [-0.39, 0.29) is 6.61 Å². The average molecular weight is 296 g/mol. The zero-order valence-corrected chi connectivity index (χ0v) is 9.95. The molecule has 19 heavy (non-hydrogen) atoms. The van der Waals surface area contributed by atoms with Crippen LogP contribution in [0.25, 0.3) is 0 Å². The van der Waals surface area contributed by atoms with E-state index in [1.165, 1.54) is 0 Å². The van der Waals surface area contributed by atoms with E-state index in [0.717, 1.165) is 0 Å². The lowest BCUT2D eigenvalue weighted by Crippen LogP contribution is -2.52. The van der Waals surface area contributed by atoms with Crippen LogP contribution in [0.4, 0.5) is 30.7 Å². The molecule has 0 aliphatic rings. The summed E-state index contributed by atoms with van der Waals surface area (Å²) in [7, 11) is 0. The number of esters is 1. The molecule has 0 unspecified atom stereocenters. The van der Waals surface area contributed by atoms with Crippen molar-refractivity contribution in [3.8, 4) is 0 Å². The number of allylic oxidation sites excluding steroid dienone is 1. The number of carbonyl (C=O) groups is 1. The number of halogens is 7. The molecule has 0 amide bonds. The normalized spacial score (nSPS) is 14.5. The van der Waals surface area contributed by atoms with Crippen LogP contribution in [0, 0.1) is 0 Å². The molecule has 0 saturated heterocycles. The molecule has 0 rings (SSSR count). The van der Waals surface area contributed by atoms with Crippen molar-refractivity contribution < 1.29 is 40.3 Å². The molecule has 0 N–H and O–H groups in total. The molecule has 0 radical (unpaired) electrons. The number of rotatable bonds is 4. The fourth-order valence-electron chi connectivity index (χ4n) is 0.990. The van der Waals surface area contributed by atoms with E-state index >= 15 is 0 Å². The summed E-state index contributed by atoms with van der Waals surface area (Å²) in [6.45, 7) is 1.99. The van der Waals surface area contributed by atoms with E-state index in [1.807, 2.05) is 0 Å². The molecule has 0 saturated carbocycles. The summed E-state index contributed by atoms with van der Waals surface area (Å²) in [5.74, 6) is -1.43. The predicted molar refractivity (Wildman–Crippen MR) is 51.0 cm³/mol. The van der Waals surface area contributed by atoms with Gasteiger partial charge in [0, 0.05) is 5.57 Å². The third-order valence-corrected chi connectivity index (χ3v) is 2.00. The monoisotopic (exact) mass is 296 g/mol. The second-order valence-corrected chi connectivity index (χ2v) is 3.67. The van der Waals surface area contributed by atoms with E-state index in [4.69, 9.17) is 0 Å². The molecule has 9 heteroatoms. The largest absolute Gasteiger partial charge is 0.462 e. The van der Waals surface area contributed by atoms with Crippen molar-refractivity contribution in [1.29, 1.82) is 0 Å². The maximum absolute atomic E-state index is 13.2. The average Bonchev–Trinajstić information content (AvgIpc) is 2.22. The quantitative estimate of drug-likeness (QED) is 0.449.